The molecule has 0 amide bonds. The number of hydrogen-bond donors (Lipinski definition) is 2. The zero-order chi connectivity index (χ0) is 12.6. The molecule has 1 aromatic heterocycles. The first-order valence-corrected chi connectivity index (χ1v) is 7.19. The minimum atomic E-state index is 0.708. The van der Waals surface area contributed by atoms with Crippen LogP contribution in [0.1, 0.15) is 45.4 Å². The van der Waals surface area contributed by atoms with E-state index in [0.29, 0.717) is 5.95 Å². The van der Waals surface area contributed by atoms with Crippen molar-refractivity contribution in [1.29, 1.82) is 0 Å². The van der Waals surface area contributed by atoms with E-state index in [4.69, 9.17) is 0 Å². The molecule has 1 heterocycles. The van der Waals surface area contributed by atoms with Gasteiger partial charge in [0, 0.05) is 19.3 Å². The third-order valence-corrected chi connectivity index (χ3v) is 3.57. The standard InChI is InChI=1S/C14H24N4/c1-2-15-14-17-11-9-13(18-14)16-10-8-12-6-4-3-5-7-12/h9,11-12H,2-8,10H2,1H3,(H2,15,16,17,18). The highest BCUT2D eigenvalue weighted by Crippen LogP contribution is 2.26. The monoisotopic (exact) mass is 248 g/mol. The lowest BCUT2D eigenvalue weighted by atomic mass is 9.87. The van der Waals surface area contributed by atoms with Gasteiger partial charge in [0.15, 0.2) is 0 Å². The second kappa shape index (κ2) is 7.19. The maximum atomic E-state index is 4.41. The van der Waals surface area contributed by atoms with E-state index in [1.54, 1.807) is 6.20 Å². The number of nitrogens with zero attached hydrogens (tertiary/aromatic N) is 2. The Morgan fingerprint density at radius 3 is 2.83 bits per heavy atom. The molecule has 2 rings (SSSR count). The highest BCUT2D eigenvalue weighted by atomic mass is 15.1. The summed E-state index contributed by atoms with van der Waals surface area (Å²) in [5.74, 6) is 2.55. The largest absolute Gasteiger partial charge is 0.370 e. The first-order chi connectivity index (χ1) is 8.88. The van der Waals surface area contributed by atoms with Crippen LogP contribution in [0.25, 0.3) is 0 Å². The van der Waals surface area contributed by atoms with Crippen LogP contribution >= 0.6 is 0 Å². The van der Waals surface area contributed by atoms with Crippen LogP contribution in [0, 0.1) is 5.92 Å². The Morgan fingerprint density at radius 2 is 2.06 bits per heavy atom. The van der Waals surface area contributed by atoms with Gasteiger partial charge in [0.25, 0.3) is 0 Å². The molecule has 1 aromatic rings. The van der Waals surface area contributed by atoms with Crippen LogP contribution in [-0.2, 0) is 0 Å². The molecule has 4 nitrogen and oxygen atoms in total. The molecule has 1 fully saturated rings. The molecule has 18 heavy (non-hydrogen) atoms. The fraction of sp³-hybridized carbons (Fsp3) is 0.714. The summed E-state index contributed by atoms with van der Waals surface area (Å²) >= 11 is 0. The van der Waals surface area contributed by atoms with Crippen molar-refractivity contribution in [3.8, 4) is 0 Å². The molecule has 0 aliphatic heterocycles. The van der Waals surface area contributed by atoms with Gasteiger partial charge in [0.1, 0.15) is 5.82 Å². The molecule has 1 aliphatic rings. The molecule has 0 aromatic carbocycles. The van der Waals surface area contributed by atoms with Gasteiger partial charge >= 0.3 is 0 Å². The summed E-state index contributed by atoms with van der Waals surface area (Å²) in [4.78, 5) is 8.58. The van der Waals surface area contributed by atoms with Gasteiger partial charge in [-0.15, -0.1) is 0 Å². The Balaban J connectivity index is 1.73. The topological polar surface area (TPSA) is 49.8 Å². The van der Waals surface area contributed by atoms with Crippen LogP contribution in [0.5, 0.6) is 0 Å². The molecule has 1 aliphatic carbocycles. The Morgan fingerprint density at radius 1 is 1.22 bits per heavy atom. The van der Waals surface area contributed by atoms with E-state index >= 15 is 0 Å². The van der Waals surface area contributed by atoms with Crippen molar-refractivity contribution in [3.63, 3.8) is 0 Å². The van der Waals surface area contributed by atoms with E-state index in [1.165, 1.54) is 38.5 Å². The summed E-state index contributed by atoms with van der Waals surface area (Å²) < 4.78 is 0. The van der Waals surface area contributed by atoms with Crippen LogP contribution in [-0.4, -0.2) is 23.1 Å². The van der Waals surface area contributed by atoms with Crippen molar-refractivity contribution < 1.29 is 0 Å². The summed E-state index contributed by atoms with van der Waals surface area (Å²) in [5, 5.41) is 6.53. The number of hydrogen-bond acceptors (Lipinski definition) is 4. The van der Waals surface area contributed by atoms with Crippen LogP contribution in [0.3, 0.4) is 0 Å². The SMILES string of the molecule is CCNc1nccc(NCCC2CCCCC2)n1. The molecule has 0 radical (unpaired) electrons. The van der Waals surface area contributed by atoms with Gasteiger partial charge in [-0.05, 0) is 25.3 Å². The van der Waals surface area contributed by atoms with E-state index < -0.39 is 0 Å². The molecule has 0 bridgehead atoms. The van der Waals surface area contributed by atoms with Crippen LogP contribution < -0.4 is 10.6 Å². The summed E-state index contributed by atoms with van der Waals surface area (Å²) in [6.45, 7) is 3.92. The lowest BCUT2D eigenvalue weighted by Gasteiger charge is -2.21. The smallest absolute Gasteiger partial charge is 0.224 e. The van der Waals surface area contributed by atoms with Gasteiger partial charge in [0.2, 0.25) is 5.95 Å². The lowest BCUT2D eigenvalue weighted by Crippen LogP contribution is -2.13. The Kier molecular flexibility index (Phi) is 5.24. The highest BCUT2D eigenvalue weighted by Gasteiger charge is 2.12. The van der Waals surface area contributed by atoms with Gasteiger partial charge < -0.3 is 10.6 Å². The first-order valence-electron chi connectivity index (χ1n) is 7.19. The second-order valence-electron chi connectivity index (χ2n) is 5.02. The Hall–Kier alpha value is -1.32. The van der Waals surface area contributed by atoms with E-state index in [0.717, 1.165) is 24.8 Å². The molecule has 0 unspecified atom stereocenters. The maximum absolute atomic E-state index is 4.41. The predicted molar refractivity (Wildman–Crippen MR) is 75.9 cm³/mol. The second-order valence-corrected chi connectivity index (χ2v) is 5.02. The van der Waals surface area contributed by atoms with E-state index in [-0.39, 0.29) is 0 Å². The number of aromatic nitrogens is 2. The highest BCUT2D eigenvalue weighted by molar-refractivity contribution is 5.39. The van der Waals surface area contributed by atoms with Crippen LogP contribution in [0.2, 0.25) is 0 Å². The quantitative estimate of drug-likeness (QED) is 0.811. The van der Waals surface area contributed by atoms with Gasteiger partial charge in [-0.1, -0.05) is 32.1 Å². The van der Waals surface area contributed by atoms with Crippen molar-refractivity contribution in [2.24, 2.45) is 5.92 Å². The fourth-order valence-electron chi connectivity index (χ4n) is 2.58. The first kappa shape index (κ1) is 13.1. The summed E-state index contributed by atoms with van der Waals surface area (Å²) in [5.41, 5.74) is 0. The third-order valence-electron chi connectivity index (χ3n) is 3.57. The predicted octanol–water partition coefficient (Wildman–Crippen LogP) is 3.29. The van der Waals surface area contributed by atoms with Crippen LogP contribution in [0.4, 0.5) is 11.8 Å². The van der Waals surface area contributed by atoms with Gasteiger partial charge in [0.05, 0.1) is 0 Å². The minimum Gasteiger partial charge on any atom is -0.370 e. The molecule has 0 spiro atoms. The van der Waals surface area contributed by atoms with E-state index in [9.17, 15) is 0 Å². The van der Waals surface area contributed by atoms with Crippen molar-refractivity contribution >= 4 is 11.8 Å². The fourth-order valence-corrected chi connectivity index (χ4v) is 2.58. The van der Waals surface area contributed by atoms with Gasteiger partial charge in [-0.25, -0.2) is 4.98 Å². The number of anilines is 2. The maximum Gasteiger partial charge on any atom is 0.224 e. The van der Waals surface area contributed by atoms with Crippen molar-refractivity contribution in [2.75, 3.05) is 23.7 Å². The lowest BCUT2D eigenvalue weighted by molar-refractivity contribution is 0.345. The Bertz CT molecular complexity index is 347. The van der Waals surface area contributed by atoms with E-state index in [1.807, 2.05) is 13.0 Å². The summed E-state index contributed by atoms with van der Waals surface area (Å²) in [6.07, 6.45) is 10.2. The summed E-state index contributed by atoms with van der Waals surface area (Å²) in [7, 11) is 0. The zero-order valence-corrected chi connectivity index (χ0v) is 11.3. The minimum absolute atomic E-state index is 0.708. The molecular formula is C14H24N4. The molecular weight excluding hydrogens is 224 g/mol. The number of rotatable bonds is 6. The molecule has 0 atom stereocenters. The van der Waals surface area contributed by atoms with Crippen molar-refractivity contribution in [2.45, 2.75) is 45.4 Å². The average Bonchev–Trinajstić information content (AvgIpc) is 2.41. The van der Waals surface area contributed by atoms with Crippen molar-refractivity contribution in [1.82, 2.24) is 9.97 Å². The molecule has 4 heteroatoms. The molecule has 1 saturated carbocycles. The van der Waals surface area contributed by atoms with E-state index in [2.05, 4.69) is 20.6 Å². The summed E-state index contributed by atoms with van der Waals surface area (Å²) in [6, 6.07) is 1.93. The zero-order valence-electron chi connectivity index (χ0n) is 11.3. The van der Waals surface area contributed by atoms with Crippen molar-refractivity contribution in [3.05, 3.63) is 12.3 Å². The van der Waals surface area contributed by atoms with Gasteiger partial charge in [-0.3, -0.25) is 0 Å². The normalized spacial score (nSPS) is 16.5. The number of nitrogens with one attached hydrogen (secondary N) is 2. The average molecular weight is 248 g/mol. The third kappa shape index (κ3) is 4.17. The molecule has 100 valence electrons. The van der Waals surface area contributed by atoms with Crippen LogP contribution in [0.15, 0.2) is 12.3 Å². The van der Waals surface area contributed by atoms with Gasteiger partial charge in [-0.2, -0.15) is 4.98 Å². The molecule has 0 saturated heterocycles. The molecule has 2 N–H and O–H groups in total. The Labute approximate surface area is 110 Å².